The lowest BCUT2D eigenvalue weighted by atomic mass is 10.1. The van der Waals surface area contributed by atoms with Gasteiger partial charge >= 0.3 is 5.97 Å². The highest BCUT2D eigenvalue weighted by Crippen LogP contribution is 2.33. The number of anilines is 2. The lowest BCUT2D eigenvalue weighted by Gasteiger charge is -2.29. The molecule has 0 aromatic heterocycles. The number of nitrogens with two attached hydrogens (primary N) is 1. The van der Waals surface area contributed by atoms with E-state index in [9.17, 15) is 9.90 Å². The summed E-state index contributed by atoms with van der Waals surface area (Å²) in [4.78, 5) is 15.9. The molecule has 0 saturated carbocycles. The van der Waals surface area contributed by atoms with Crippen molar-refractivity contribution in [1.29, 1.82) is 0 Å². The van der Waals surface area contributed by atoms with Crippen molar-refractivity contribution >= 4 is 17.3 Å². The van der Waals surface area contributed by atoms with Gasteiger partial charge in [-0.05, 0) is 38.4 Å². The van der Waals surface area contributed by atoms with Crippen LogP contribution in [0.5, 0.6) is 0 Å². The topological polar surface area (TPSA) is 69.8 Å². The highest BCUT2D eigenvalue weighted by atomic mass is 16.4. The van der Waals surface area contributed by atoms with Crippen LogP contribution in [0.4, 0.5) is 11.4 Å². The van der Waals surface area contributed by atoms with Crippen LogP contribution in [0.2, 0.25) is 0 Å². The van der Waals surface area contributed by atoms with Crippen LogP contribution in [-0.4, -0.2) is 48.2 Å². The first kappa shape index (κ1) is 13.2. The van der Waals surface area contributed by atoms with E-state index in [1.54, 1.807) is 12.1 Å². The second-order valence-electron chi connectivity index (χ2n) is 5.83. The minimum Gasteiger partial charge on any atom is -0.478 e. The molecule has 2 heterocycles. The number of carboxylic acid groups (broad SMARTS) is 1. The molecule has 0 amide bonds. The predicted octanol–water partition coefficient (Wildman–Crippen LogP) is 1.64. The normalized spacial score (nSPS) is 26.6. The summed E-state index contributed by atoms with van der Waals surface area (Å²) in [6.45, 7) is 1.87. The zero-order chi connectivity index (χ0) is 14.3. The Kier molecular flexibility index (Phi) is 3.30. The van der Waals surface area contributed by atoms with Crippen LogP contribution in [0.1, 0.15) is 29.6 Å². The van der Waals surface area contributed by atoms with Crippen LogP contribution in [0.3, 0.4) is 0 Å². The first-order valence-electron chi connectivity index (χ1n) is 7.16. The van der Waals surface area contributed by atoms with Crippen molar-refractivity contribution in [3.63, 3.8) is 0 Å². The number of carbonyl (C=O) groups is 1. The van der Waals surface area contributed by atoms with Gasteiger partial charge in [-0.15, -0.1) is 0 Å². The Balaban J connectivity index is 1.90. The maximum Gasteiger partial charge on any atom is 0.337 e. The van der Waals surface area contributed by atoms with Gasteiger partial charge in [-0.25, -0.2) is 4.79 Å². The van der Waals surface area contributed by atoms with E-state index in [0.717, 1.165) is 25.2 Å². The monoisotopic (exact) mass is 275 g/mol. The molecule has 2 bridgehead atoms. The van der Waals surface area contributed by atoms with Crippen molar-refractivity contribution in [1.82, 2.24) is 4.90 Å². The summed E-state index contributed by atoms with van der Waals surface area (Å²) in [6.07, 6.45) is 3.61. The van der Waals surface area contributed by atoms with Gasteiger partial charge in [-0.2, -0.15) is 0 Å². The third kappa shape index (κ3) is 2.12. The second-order valence-corrected chi connectivity index (χ2v) is 5.83. The van der Waals surface area contributed by atoms with E-state index >= 15 is 0 Å². The molecule has 3 N–H and O–H groups in total. The first-order valence-corrected chi connectivity index (χ1v) is 7.16. The molecule has 2 saturated heterocycles. The molecule has 2 fully saturated rings. The number of hydrogen-bond donors (Lipinski definition) is 2. The van der Waals surface area contributed by atoms with Crippen molar-refractivity contribution in [2.75, 3.05) is 30.8 Å². The molecule has 0 spiro atoms. The molecule has 20 heavy (non-hydrogen) atoms. The number of nitrogens with zero attached hydrogens (tertiary/aromatic N) is 2. The maximum atomic E-state index is 11.2. The number of hydrogen-bond acceptors (Lipinski definition) is 4. The van der Waals surface area contributed by atoms with E-state index < -0.39 is 5.97 Å². The highest BCUT2D eigenvalue weighted by molar-refractivity contribution is 5.97. The minimum absolute atomic E-state index is 0.199. The molecular weight excluding hydrogens is 254 g/mol. The molecule has 0 aliphatic carbocycles. The van der Waals surface area contributed by atoms with Crippen molar-refractivity contribution in [3.8, 4) is 0 Å². The third-order valence-corrected chi connectivity index (χ3v) is 4.80. The van der Waals surface area contributed by atoms with E-state index in [0.29, 0.717) is 17.8 Å². The first-order chi connectivity index (χ1) is 9.58. The number of carboxylic acids is 1. The maximum absolute atomic E-state index is 11.2. The summed E-state index contributed by atoms with van der Waals surface area (Å²) in [5.41, 5.74) is 7.52. The second kappa shape index (κ2) is 4.98. The molecule has 0 radical (unpaired) electrons. The van der Waals surface area contributed by atoms with Crippen LogP contribution >= 0.6 is 0 Å². The molecular formula is C15H21N3O2. The van der Waals surface area contributed by atoms with Crippen molar-refractivity contribution in [2.24, 2.45) is 0 Å². The van der Waals surface area contributed by atoms with Gasteiger partial charge in [0.1, 0.15) is 0 Å². The largest absolute Gasteiger partial charge is 0.478 e. The minimum atomic E-state index is -0.960. The highest BCUT2D eigenvalue weighted by Gasteiger charge is 2.35. The molecule has 2 unspecified atom stereocenters. The van der Waals surface area contributed by atoms with Crippen LogP contribution in [0.15, 0.2) is 18.2 Å². The Hall–Kier alpha value is -1.75. The number of rotatable bonds is 2. The van der Waals surface area contributed by atoms with Gasteiger partial charge < -0.3 is 15.7 Å². The molecule has 3 rings (SSSR count). The van der Waals surface area contributed by atoms with E-state index in [4.69, 9.17) is 5.73 Å². The Labute approximate surface area is 119 Å². The van der Waals surface area contributed by atoms with Gasteiger partial charge in [0.2, 0.25) is 0 Å². The molecule has 2 atom stereocenters. The van der Waals surface area contributed by atoms with E-state index in [2.05, 4.69) is 16.8 Å². The summed E-state index contributed by atoms with van der Waals surface area (Å²) < 4.78 is 0. The summed E-state index contributed by atoms with van der Waals surface area (Å²) in [5, 5.41) is 9.18. The fraction of sp³-hybridized carbons (Fsp3) is 0.533. The fourth-order valence-electron chi connectivity index (χ4n) is 3.54. The third-order valence-electron chi connectivity index (χ3n) is 4.80. The Morgan fingerprint density at radius 1 is 1.30 bits per heavy atom. The Bertz CT molecular complexity index is 532. The van der Waals surface area contributed by atoms with Gasteiger partial charge in [-0.1, -0.05) is 6.07 Å². The lowest BCUT2D eigenvalue weighted by Crippen LogP contribution is -2.37. The van der Waals surface area contributed by atoms with Crippen LogP contribution in [-0.2, 0) is 0 Å². The summed E-state index contributed by atoms with van der Waals surface area (Å²) in [5.74, 6) is -0.960. The van der Waals surface area contributed by atoms with Gasteiger partial charge in [-0.3, -0.25) is 4.90 Å². The average Bonchev–Trinajstić information content (AvgIpc) is 2.64. The molecule has 2 aliphatic heterocycles. The average molecular weight is 275 g/mol. The zero-order valence-corrected chi connectivity index (χ0v) is 11.7. The lowest BCUT2D eigenvalue weighted by molar-refractivity contribution is 0.0698. The van der Waals surface area contributed by atoms with Crippen molar-refractivity contribution in [2.45, 2.75) is 31.3 Å². The van der Waals surface area contributed by atoms with E-state index in [1.807, 2.05) is 6.07 Å². The molecule has 1 aromatic carbocycles. The predicted molar refractivity (Wildman–Crippen MR) is 79.2 cm³/mol. The van der Waals surface area contributed by atoms with Crippen molar-refractivity contribution < 1.29 is 9.90 Å². The van der Waals surface area contributed by atoms with Crippen LogP contribution < -0.4 is 10.6 Å². The molecule has 108 valence electrons. The van der Waals surface area contributed by atoms with Crippen LogP contribution in [0.25, 0.3) is 0 Å². The van der Waals surface area contributed by atoms with Gasteiger partial charge in [0, 0.05) is 25.2 Å². The molecule has 5 heteroatoms. The zero-order valence-electron chi connectivity index (χ0n) is 11.7. The summed E-state index contributed by atoms with van der Waals surface area (Å²) >= 11 is 0. The Morgan fingerprint density at radius 3 is 2.80 bits per heavy atom. The fourth-order valence-corrected chi connectivity index (χ4v) is 3.54. The SMILES string of the molecule is CN1C2CCC1CN(c1cccc(C(=O)O)c1N)CC2. The van der Waals surface area contributed by atoms with Gasteiger partial charge in [0.05, 0.1) is 16.9 Å². The smallest absolute Gasteiger partial charge is 0.337 e. The number of fused-ring (bicyclic) bond motifs is 2. The molecule has 2 aliphatic rings. The van der Waals surface area contributed by atoms with E-state index in [-0.39, 0.29) is 5.56 Å². The standard InChI is InChI=1S/C15H21N3O2/c1-17-10-5-6-11(17)9-18(8-7-10)13-4-2-3-12(14(13)16)15(19)20/h2-4,10-11H,5-9,16H2,1H3,(H,19,20). The number of benzene rings is 1. The quantitative estimate of drug-likeness (QED) is 0.803. The van der Waals surface area contributed by atoms with E-state index in [1.165, 1.54) is 12.8 Å². The Morgan fingerprint density at radius 2 is 2.05 bits per heavy atom. The van der Waals surface area contributed by atoms with Gasteiger partial charge in [0.25, 0.3) is 0 Å². The summed E-state index contributed by atoms with van der Waals surface area (Å²) in [6, 6.07) is 6.49. The summed E-state index contributed by atoms with van der Waals surface area (Å²) in [7, 11) is 2.20. The molecule has 5 nitrogen and oxygen atoms in total. The molecule has 1 aromatic rings. The number of para-hydroxylation sites is 1. The number of aromatic carboxylic acids is 1. The number of likely N-dealkylation sites (N-methyl/N-ethyl adjacent to an activating group) is 1. The number of nitrogen functional groups attached to an aromatic ring is 1. The van der Waals surface area contributed by atoms with Gasteiger partial charge in [0.15, 0.2) is 0 Å². The van der Waals surface area contributed by atoms with Crippen molar-refractivity contribution in [3.05, 3.63) is 23.8 Å². The van der Waals surface area contributed by atoms with Crippen LogP contribution in [0, 0.1) is 0 Å².